The third kappa shape index (κ3) is 3.99. The van der Waals surface area contributed by atoms with Crippen LogP contribution in [0.1, 0.15) is 10.4 Å². The largest absolute Gasteiger partial charge is 0.336 e. The summed E-state index contributed by atoms with van der Waals surface area (Å²) in [7, 11) is -3.25. The van der Waals surface area contributed by atoms with Crippen molar-refractivity contribution in [2.24, 2.45) is 0 Å². The van der Waals surface area contributed by atoms with E-state index in [4.69, 9.17) is 16.6 Å². The van der Waals surface area contributed by atoms with Gasteiger partial charge in [-0.05, 0) is 18.2 Å². The number of hydrogen-bond donors (Lipinski definition) is 0. The number of para-hydroxylation sites is 1. The van der Waals surface area contributed by atoms with Crippen LogP contribution < -0.4 is 0 Å². The van der Waals surface area contributed by atoms with E-state index < -0.39 is 10.0 Å². The second-order valence-electron chi connectivity index (χ2n) is 7.01. The van der Waals surface area contributed by atoms with Crippen LogP contribution >= 0.6 is 11.6 Å². The van der Waals surface area contributed by atoms with Crippen molar-refractivity contribution >= 4 is 38.4 Å². The van der Waals surface area contributed by atoms with Gasteiger partial charge in [-0.1, -0.05) is 48.0 Å². The maximum absolute atomic E-state index is 13.3. The SMILES string of the molecule is CS(=O)(=O)N1CCN(C(=O)c2cc(-c3ccccc3Cl)nc3ccccc23)CC1. The van der Waals surface area contributed by atoms with Gasteiger partial charge in [-0.2, -0.15) is 4.31 Å². The van der Waals surface area contributed by atoms with Gasteiger partial charge >= 0.3 is 0 Å². The molecule has 3 aromatic rings. The third-order valence-corrected chi connectivity index (χ3v) is 6.72. The van der Waals surface area contributed by atoms with Gasteiger partial charge in [-0.15, -0.1) is 0 Å². The highest BCUT2D eigenvalue weighted by Crippen LogP contribution is 2.30. The molecule has 1 amide bonds. The Kier molecular flexibility index (Phi) is 5.29. The number of carbonyl (C=O) groups is 1. The summed E-state index contributed by atoms with van der Waals surface area (Å²) < 4.78 is 24.9. The standard InChI is InChI=1S/C21H20ClN3O3S/c1-29(27,28)25-12-10-24(11-13-25)21(26)17-14-20(16-7-2-4-8-18(16)22)23-19-9-5-3-6-15(17)19/h2-9,14H,10-13H2,1H3. The van der Waals surface area contributed by atoms with E-state index in [1.807, 2.05) is 42.5 Å². The molecule has 1 fully saturated rings. The minimum atomic E-state index is -3.25. The highest BCUT2D eigenvalue weighted by Gasteiger charge is 2.28. The van der Waals surface area contributed by atoms with Crippen LogP contribution in [-0.4, -0.2) is 60.9 Å². The van der Waals surface area contributed by atoms with Crippen molar-refractivity contribution < 1.29 is 13.2 Å². The number of rotatable bonds is 3. The number of nitrogens with zero attached hydrogens (tertiary/aromatic N) is 3. The number of benzene rings is 2. The first kappa shape index (κ1) is 19.8. The smallest absolute Gasteiger partial charge is 0.254 e. The van der Waals surface area contributed by atoms with E-state index in [9.17, 15) is 13.2 Å². The van der Waals surface area contributed by atoms with Crippen LogP contribution in [-0.2, 0) is 10.0 Å². The van der Waals surface area contributed by atoms with Gasteiger partial charge in [0.1, 0.15) is 0 Å². The fourth-order valence-electron chi connectivity index (χ4n) is 3.55. The monoisotopic (exact) mass is 429 g/mol. The Morgan fingerprint density at radius 1 is 1.00 bits per heavy atom. The minimum Gasteiger partial charge on any atom is -0.336 e. The third-order valence-electron chi connectivity index (χ3n) is 5.09. The highest BCUT2D eigenvalue weighted by atomic mass is 35.5. The number of sulfonamides is 1. The van der Waals surface area contributed by atoms with Crippen LogP contribution in [0.25, 0.3) is 22.2 Å². The molecule has 150 valence electrons. The van der Waals surface area contributed by atoms with E-state index in [0.29, 0.717) is 48.0 Å². The van der Waals surface area contributed by atoms with Gasteiger partial charge in [0.2, 0.25) is 10.0 Å². The molecule has 1 saturated heterocycles. The zero-order chi connectivity index (χ0) is 20.6. The Morgan fingerprint density at radius 3 is 2.34 bits per heavy atom. The Bertz CT molecular complexity index is 1190. The van der Waals surface area contributed by atoms with E-state index in [2.05, 4.69) is 0 Å². The topological polar surface area (TPSA) is 70.6 Å². The van der Waals surface area contributed by atoms with E-state index in [0.717, 1.165) is 10.9 Å². The van der Waals surface area contributed by atoms with E-state index in [-0.39, 0.29) is 5.91 Å². The first-order valence-corrected chi connectivity index (χ1v) is 11.5. The van der Waals surface area contributed by atoms with Gasteiger partial charge in [0.25, 0.3) is 5.91 Å². The average Bonchev–Trinajstić information content (AvgIpc) is 2.72. The summed E-state index contributed by atoms with van der Waals surface area (Å²) in [6.07, 6.45) is 1.19. The summed E-state index contributed by atoms with van der Waals surface area (Å²) in [6, 6.07) is 16.7. The lowest BCUT2D eigenvalue weighted by Gasteiger charge is -2.33. The molecule has 2 aromatic carbocycles. The van der Waals surface area contributed by atoms with Crippen molar-refractivity contribution in [3.05, 3.63) is 65.2 Å². The molecule has 4 rings (SSSR count). The van der Waals surface area contributed by atoms with Crippen molar-refractivity contribution in [3.63, 3.8) is 0 Å². The molecule has 1 aliphatic heterocycles. The fourth-order valence-corrected chi connectivity index (χ4v) is 4.61. The highest BCUT2D eigenvalue weighted by molar-refractivity contribution is 7.88. The van der Waals surface area contributed by atoms with Gasteiger partial charge in [0.05, 0.1) is 23.0 Å². The predicted molar refractivity (Wildman–Crippen MR) is 115 cm³/mol. The van der Waals surface area contributed by atoms with Crippen LogP contribution in [0.15, 0.2) is 54.6 Å². The number of hydrogen-bond acceptors (Lipinski definition) is 4. The summed E-state index contributed by atoms with van der Waals surface area (Å²) in [5.74, 6) is -0.134. The molecule has 0 saturated carbocycles. The van der Waals surface area contributed by atoms with Crippen LogP contribution in [0.3, 0.4) is 0 Å². The maximum Gasteiger partial charge on any atom is 0.254 e. The van der Waals surface area contributed by atoms with Crippen molar-refractivity contribution in [1.82, 2.24) is 14.2 Å². The number of amides is 1. The van der Waals surface area contributed by atoms with Crippen LogP contribution in [0, 0.1) is 0 Å². The Balaban J connectivity index is 1.73. The lowest BCUT2D eigenvalue weighted by molar-refractivity contribution is 0.0700. The molecule has 0 atom stereocenters. The van der Waals surface area contributed by atoms with Gasteiger partial charge in [-0.3, -0.25) is 4.79 Å². The van der Waals surface area contributed by atoms with Crippen LogP contribution in [0.5, 0.6) is 0 Å². The lowest BCUT2D eigenvalue weighted by atomic mass is 10.0. The molecule has 0 unspecified atom stereocenters. The molecule has 0 bridgehead atoms. The number of pyridine rings is 1. The zero-order valence-corrected chi connectivity index (χ0v) is 17.4. The lowest BCUT2D eigenvalue weighted by Crippen LogP contribution is -2.50. The maximum atomic E-state index is 13.3. The number of aromatic nitrogens is 1. The Morgan fingerprint density at radius 2 is 1.66 bits per heavy atom. The van der Waals surface area contributed by atoms with Gasteiger partial charge in [0.15, 0.2) is 0 Å². The molecule has 0 aliphatic carbocycles. The predicted octanol–water partition coefficient (Wildman–Crippen LogP) is 3.27. The second kappa shape index (κ2) is 7.74. The zero-order valence-electron chi connectivity index (χ0n) is 15.9. The van der Waals surface area contributed by atoms with Gasteiger partial charge in [-0.25, -0.2) is 13.4 Å². The molecule has 1 aromatic heterocycles. The Hall–Kier alpha value is -2.48. The number of fused-ring (bicyclic) bond motifs is 1. The molecule has 2 heterocycles. The van der Waals surface area contributed by atoms with E-state index in [1.54, 1.807) is 17.0 Å². The summed E-state index contributed by atoms with van der Waals surface area (Å²) in [6.45, 7) is 1.30. The molecule has 0 N–H and O–H groups in total. The molecule has 0 spiro atoms. The van der Waals surface area contributed by atoms with Crippen molar-refractivity contribution in [1.29, 1.82) is 0 Å². The van der Waals surface area contributed by atoms with Crippen molar-refractivity contribution in [2.75, 3.05) is 32.4 Å². The summed E-state index contributed by atoms with van der Waals surface area (Å²) in [4.78, 5) is 19.7. The van der Waals surface area contributed by atoms with Crippen molar-refractivity contribution in [2.45, 2.75) is 0 Å². The fraction of sp³-hybridized carbons (Fsp3) is 0.238. The van der Waals surface area contributed by atoms with E-state index >= 15 is 0 Å². The average molecular weight is 430 g/mol. The Labute approximate surface area is 174 Å². The molecule has 1 aliphatic rings. The molecule has 29 heavy (non-hydrogen) atoms. The quantitative estimate of drug-likeness (QED) is 0.640. The summed E-state index contributed by atoms with van der Waals surface area (Å²) in [5.41, 5.74) is 2.64. The van der Waals surface area contributed by atoms with Crippen molar-refractivity contribution in [3.8, 4) is 11.3 Å². The molecular formula is C21H20ClN3O3S. The van der Waals surface area contributed by atoms with Gasteiger partial charge < -0.3 is 4.90 Å². The molecule has 6 nitrogen and oxygen atoms in total. The minimum absolute atomic E-state index is 0.134. The van der Waals surface area contributed by atoms with Crippen LogP contribution in [0.2, 0.25) is 5.02 Å². The normalized spacial score (nSPS) is 15.6. The van der Waals surface area contributed by atoms with E-state index in [1.165, 1.54) is 10.6 Å². The summed E-state index contributed by atoms with van der Waals surface area (Å²) >= 11 is 6.35. The van der Waals surface area contributed by atoms with Crippen LogP contribution in [0.4, 0.5) is 0 Å². The summed E-state index contributed by atoms with van der Waals surface area (Å²) in [5, 5.41) is 1.33. The number of halogens is 1. The first-order chi connectivity index (χ1) is 13.8. The van der Waals surface area contributed by atoms with Gasteiger partial charge in [0, 0.05) is 42.2 Å². The molecular weight excluding hydrogens is 410 g/mol. The number of carbonyl (C=O) groups excluding carboxylic acids is 1. The number of piperazine rings is 1. The first-order valence-electron chi connectivity index (χ1n) is 9.24. The molecule has 8 heteroatoms. The molecule has 0 radical (unpaired) electrons. The second-order valence-corrected chi connectivity index (χ2v) is 9.40.